The molecule has 2 unspecified atom stereocenters. The van der Waals surface area contributed by atoms with Gasteiger partial charge in [0, 0.05) is 0 Å². The molecular weight excluding hydrogens is 254 g/mol. The molecular formula is C17H24ClN. The lowest BCUT2D eigenvalue weighted by atomic mass is 9.93. The zero-order chi connectivity index (χ0) is 14.6. The summed E-state index contributed by atoms with van der Waals surface area (Å²) >= 11 is 5.70. The number of halogens is 1. The molecule has 0 heterocycles. The third-order valence-corrected chi connectivity index (χ3v) is 3.57. The molecule has 0 bridgehead atoms. The third kappa shape index (κ3) is 4.14. The molecule has 2 heteroatoms. The van der Waals surface area contributed by atoms with Crippen molar-refractivity contribution in [3.8, 4) is 0 Å². The van der Waals surface area contributed by atoms with Crippen LogP contribution in [0.25, 0.3) is 0 Å². The highest BCUT2D eigenvalue weighted by Gasteiger charge is 2.27. The van der Waals surface area contributed by atoms with E-state index in [0.29, 0.717) is 17.0 Å². The summed E-state index contributed by atoms with van der Waals surface area (Å²) in [4.78, 5) is 0. The first-order valence-corrected chi connectivity index (χ1v) is 7.09. The lowest BCUT2D eigenvalue weighted by Crippen LogP contribution is -1.96. The van der Waals surface area contributed by atoms with Gasteiger partial charge in [-0.25, -0.2) is 0 Å². The van der Waals surface area contributed by atoms with Crippen LogP contribution >= 0.6 is 11.6 Å². The zero-order valence-corrected chi connectivity index (χ0v) is 13.1. The zero-order valence-electron chi connectivity index (χ0n) is 12.3. The molecule has 104 valence electrons. The van der Waals surface area contributed by atoms with Crippen LogP contribution in [-0.2, 0) is 0 Å². The van der Waals surface area contributed by atoms with E-state index < -0.39 is 0 Å². The van der Waals surface area contributed by atoms with Crippen LogP contribution in [0, 0.1) is 11.8 Å². The van der Waals surface area contributed by atoms with Crippen molar-refractivity contribution >= 4 is 11.6 Å². The van der Waals surface area contributed by atoms with Crippen molar-refractivity contribution in [3.63, 3.8) is 0 Å². The first-order chi connectivity index (χ1) is 8.86. The predicted octanol–water partition coefficient (Wildman–Crippen LogP) is 5.08. The van der Waals surface area contributed by atoms with Crippen molar-refractivity contribution in [2.45, 2.75) is 34.1 Å². The second-order valence-corrected chi connectivity index (χ2v) is 5.94. The fourth-order valence-corrected chi connectivity index (χ4v) is 2.81. The van der Waals surface area contributed by atoms with Crippen LogP contribution in [0.5, 0.6) is 0 Å². The molecule has 0 aromatic carbocycles. The van der Waals surface area contributed by atoms with Gasteiger partial charge in [0.15, 0.2) is 0 Å². The average molecular weight is 278 g/mol. The largest absolute Gasteiger partial charge is 0.389 e. The summed E-state index contributed by atoms with van der Waals surface area (Å²) in [7, 11) is 0. The van der Waals surface area contributed by atoms with Crippen LogP contribution in [0.15, 0.2) is 58.3 Å². The van der Waals surface area contributed by atoms with E-state index >= 15 is 0 Å². The number of nitrogens with two attached hydrogens (primary N) is 1. The van der Waals surface area contributed by atoms with E-state index in [2.05, 4.69) is 40.3 Å². The summed E-state index contributed by atoms with van der Waals surface area (Å²) in [6.45, 7) is 12.7. The Morgan fingerprint density at radius 2 is 1.89 bits per heavy atom. The van der Waals surface area contributed by atoms with Gasteiger partial charge in [0.1, 0.15) is 0 Å². The molecule has 0 amide bonds. The first-order valence-electron chi connectivity index (χ1n) is 6.71. The maximum absolute atomic E-state index is 5.70. The fraction of sp³-hybridized carbons (Fsp3) is 0.412. The number of rotatable bonds is 4. The molecule has 2 N–H and O–H groups in total. The minimum Gasteiger partial charge on any atom is -0.389 e. The summed E-state index contributed by atoms with van der Waals surface area (Å²) in [5, 5.41) is 0.294. The van der Waals surface area contributed by atoms with Gasteiger partial charge < -0.3 is 5.73 Å². The topological polar surface area (TPSA) is 26.0 Å². The molecule has 2 atom stereocenters. The van der Waals surface area contributed by atoms with Gasteiger partial charge in [0.2, 0.25) is 0 Å². The van der Waals surface area contributed by atoms with E-state index in [4.69, 9.17) is 17.3 Å². The van der Waals surface area contributed by atoms with Gasteiger partial charge >= 0.3 is 0 Å². The second-order valence-electron chi connectivity index (χ2n) is 5.51. The molecule has 0 spiro atoms. The van der Waals surface area contributed by atoms with E-state index in [9.17, 15) is 0 Å². The minimum atomic E-state index is 0.294. The van der Waals surface area contributed by atoms with Crippen molar-refractivity contribution in [1.82, 2.24) is 0 Å². The van der Waals surface area contributed by atoms with E-state index in [-0.39, 0.29) is 0 Å². The maximum atomic E-state index is 5.70. The Morgan fingerprint density at radius 3 is 2.37 bits per heavy atom. The summed E-state index contributed by atoms with van der Waals surface area (Å²) in [5.74, 6) is 1.12. The van der Waals surface area contributed by atoms with Gasteiger partial charge in [0.25, 0.3) is 0 Å². The third-order valence-electron chi connectivity index (χ3n) is 3.44. The van der Waals surface area contributed by atoms with E-state index in [1.54, 1.807) is 6.08 Å². The molecule has 0 radical (unpaired) electrons. The van der Waals surface area contributed by atoms with Crippen molar-refractivity contribution < 1.29 is 0 Å². The Balaban J connectivity index is 3.34. The quantitative estimate of drug-likeness (QED) is 0.563. The van der Waals surface area contributed by atoms with Crippen LogP contribution in [0.1, 0.15) is 34.1 Å². The smallest absolute Gasteiger partial charge is 0.0992 e. The predicted molar refractivity (Wildman–Crippen MR) is 85.8 cm³/mol. The normalized spacial score (nSPS) is 24.7. The molecule has 0 saturated carbocycles. The van der Waals surface area contributed by atoms with Crippen LogP contribution in [-0.4, -0.2) is 0 Å². The van der Waals surface area contributed by atoms with Crippen LogP contribution in [0.3, 0.4) is 0 Å². The number of hydrogen-bond donors (Lipinski definition) is 1. The fourth-order valence-electron chi connectivity index (χ4n) is 2.74. The van der Waals surface area contributed by atoms with Gasteiger partial charge in [-0.2, -0.15) is 0 Å². The Labute approximate surface area is 122 Å². The summed E-state index contributed by atoms with van der Waals surface area (Å²) < 4.78 is 0. The summed E-state index contributed by atoms with van der Waals surface area (Å²) in [6, 6.07) is 0. The van der Waals surface area contributed by atoms with Crippen molar-refractivity contribution in [2.75, 3.05) is 0 Å². The van der Waals surface area contributed by atoms with Gasteiger partial charge in [-0.1, -0.05) is 55.8 Å². The van der Waals surface area contributed by atoms with Crippen molar-refractivity contribution in [3.05, 3.63) is 58.3 Å². The molecule has 1 aliphatic carbocycles. The highest BCUT2D eigenvalue weighted by molar-refractivity contribution is 6.29. The highest BCUT2D eigenvalue weighted by atomic mass is 35.5. The second kappa shape index (κ2) is 6.81. The van der Waals surface area contributed by atoms with Gasteiger partial charge in [-0.05, 0) is 54.9 Å². The van der Waals surface area contributed by atoms with Crippen LogP contribution < -0.4 is 5.73 Å². The van der Waals surface area contributed by atoms with E-state index in [1.807, 2.05) is 12.2 Å². The van der Waals surface area contributed by atoms with E-state index in [0.717, 1.165) is 5.57 Å². The molecule has 0 aliphatic heterocycles. The van der Waals surface area contributed by atoms with Gasteiger partial charge in [-0.3, -0.25) is 0 Å². The lowest BCUT2D eigenvalue weighted by molar-refractivity contribution is 0.573. The monoisotopic (exact) mass is 277 g/mol. The summed E-state index contributed by atoms with van der Waals surface area (Å²) in [6.07, 6.45) is 9.03. The minimum absolute atomic E-state index is 0.294. The van der Waals surface area contributed by atoms with Gasteiger partial charge in [0.05, 0.1) is 5.16 Å². The molecule has 0 aromatic heterocycles. The molecule has 1 nitrogen and oxygen atoms in total. The maximum Gasteiger partial charge on any atom is 0.0992 e. The van der Waals surface area contributed by atoms with Crippen LogP contribution in [0.4, 0.5) is 0 Å². The molecule has 1 aliphatic rings. The van der Waals surface area contributed by atoms with Crippen molar-refractivity contribution in [1.29, 1.82) is 0 Å². The van der Waals surface area contributed by atoms with Crippen LogP contribution in [0.2, 0.25) is 0 Å². The number of hydrogen-bond acceptors (Lipinski definition) is 1. The van der Waals surface area contributed by atoms with E-state index in [1.165, 1.54) is 23.1 Å². The molecule has 19 heavy (non-hydrogen) atoms. The lowest BCUT2D eigenvalue weighted by Gasteiger charge is -2.11. The Bertz CT molecular complexity index is 469. The standard InChI is InChI=1S/C17H24ClN/c1-6-14(7-8-16(18)19)17-13(5)10-12(4)15(17)9-11(2)3/h6-9,12-13H,1,10,19H2,2-5H3/b14-7+,16-8-. The Morgan fingerprint density at radius 1 is 1.26 bits per heavy atom. The molecule has 0 aromatic rings. The average Bonchev–Trinajstić information content (AvgIpc) is 2.55. The molecule has 1 rings (SSSR count). The first kappa shape index (κ1) is 15.8. The molecule has 0 fully saturated rings. The Hall–Kier alpha value is -1.21. The summed E-state index contributed by atoms with van der Waals surface area (Å²) in [5.41, 5.74) is 10.7. The van der Waals surface area contributed by atoms with Gasteiger partial charge in [-0.15, -0.1) is 0 Å². The Kier molecular flexibility index (Phi) is 5.68. The molecule has 0 saturated heterocycles. The SMILES string of the molecule is C=C/C(=C\C=C(/N)Cl)C1=C(C=C(C)C)C(C)CC1C. The number of allylic oxidation sites excluding steroid dienone is 8. The van der Waals surface area contributed by atoms with Crippen molar-refractivity contribution in [2.24, 2.45) is 17.6 Å². The highest BCUT2D eigenvalue weighted by Crippen LogP contribution is 2.41.